The molecule has 0 radical (unpaired) electrons. The number of nitriles is 1. The van der Waals surface area contributed by atoms with Gasteiger partial charge in [-0.1, -0.05) is 60.7 Å². The quantitative estimate of drug-likeness (QED) is 0.198. The Morgan fingerprint density at radius 2 is 1.75 bits per heavy atom. The monoisotopic (exact) mass is 482 g/mol. The van der Waals surface area contributed by atoms with E-state index < -0.39 is 6.29 Å². The molecule has 0 saturated carbocycles. The second-order valence-corrected chi connectivity index (χ2v) is 8.80. The minimum Gasteiger partial charge on any atom is -0.352 e. The number of carbonyl (C=O) groups is 2. The van der Waals surface area contributed by atoms with Crippen molar-refractivity contribution in [2.75, 3.05) is 30.3 Å². The molecule has 1 aliphatic heterocycles. The summed E-state index contributed by atoms with van der Waals surface area (Å²) >= 11 is 0. The van der Waals surface area contributed by atoms with Crippen molar-refractivity contribution in [3.05, 3.63) is 95.6 Å². The molecule has 1 saturated heterocycles. The molecule has 0 aliphatic carbocycles. The van der Waals surface area contributed by atoms with E-state index in [0.717, 1.165) is 16.8 Å². The third kappa shape index (κ3) is 5.82. The van der Waals surface area contributed by atoms with Gasteiger partial charge >= 0.3 is 6.03 Å². The summed E-state index contributed by atoms with van der Waals surface area (Å²) in [5.41, 5.74) is 4.14. The molecule has 1 heterocycles. The van der Waals surface area contributed by atoms with Gasteiger partial charge in [-0.15, -0.1) is 0 Å². The molecule has 1 fully saturated rings. The van der Waals surface area contributed by atoms with Crippen molar-refractivity contribution in [2.45, 2.75) is 26.2 Å². The van der Waals surface area contributed by atoms with Gasteiger partial charge in [0.1, 0.15) is 0 Å². The Bertz CT molecular complexity index is 1260. The zero-order valence-electron chi connectivity index (χ0n) is 20.4. The van der Waals surface area contributed by atoms with Gasteiger partial charge in [0, 0.05) is 36.6 Å². The Balaban J connectivity index is 1.56. The lowest BCUT2D eigenvalue weighted by atomic mass is 10.0. The number of piperazine rings is 1. The number of hydrogen-bond donors (Lipinski definition) is 3. The minimum atomic E-state index is -0.431. The molecular formula is C28H30N6O2. The molecule has 0 bridgehead atoms. The number of hydrogen-bond acceptors (Lipinski definition) is 6. The number of rotatable bonds is 7. The van der Waals surface area contributed by atoms with E-state index in [-0.39, 0.29) is 17.9 Å². The van der Waals surface area contributed by atoms with Crippen molar-refractivity contribution in [3.63, 3.8) is 0 Å². The SMILES string of the molecule is CC(=O)c1cccc(NC(=O)N2CCN(C(NC#N)Nc3ccccc3C)CC2c2ccccc2)c1. The van der Waals surface area contributed by atoms with Crippen LogP contribution in [0.1, 0.15) is 34.5 Å². The van der Waals surface area contributed by atoms with Crippen LogP contribution in [-0.4, -0.2) is 47.5 Å². The molecule has 4 rings (SSSR count). The summed E-state index contributed by atoms with van der Waals surface area (Å²) in [5, 5.41) is 18.7. The van der Waals surface area contributed by atoms with Crippen LogP contribution in [0, 0.1) is 18.4 Å². The highest BCUT2D eigenvalue weighted by Crippen LogP contribution is 2.28. The van der Waals surface area contributed by atoms with Gasteiger partial charge < -0.3 is 15.5 Å². The molecule has 36 heavy (non-hydrogen) atoms. The van der Waals surface area contributed by atoms with Gasteiger partial charge in [-0.3, -0.25) is 15.0 Å². The lowest BCUT2D eigenvalue weighted by molar-refractivity contribution is 0.0733. The number of nitrogens with zero attached hydrogens (tertiary/aromatic N) is 3. The van der Waals surface area contributed by atoms with Gasteiger partial charge in [-0.2, -0.15) is 5.26 Å². The first-order valence-electron chi connectivity index (χ1n) is 11.9. The van der Waals surface area contributed by atoms with Crippen molar-refractivity contribution < 1.29 is 9.59 Å². The molecule has 2 amide bonds. The largest absolute Gasteiger partial charge is 0.352 e. The maximum absolute atomic E-state index is 13.4. The molecule has 3 N–H and O–H groups in total. The van der Waals surface area contributed by atoms with E-state index in [1.807, 2.05) is 66.4 Å². The molecule has 3 aromatic carbocycles. The highest BCUT2D eigenvalue weighted by molar-refractivity contribution is 5.96. The van der Waals surface area contributed by atoms with Crippen LogP contribution in [0.2, 0.25) is 0 Å². The molecule has 1 aliphatic rings. The van der Waals surface area contributed by atoms with Crippen molar-refractivity contribution in [1.82, 2.24) is 15.1 Å². The second kappa shape index (κ2) is 11.4. The average Bonchev–Trinajstić information content (AvgIpc) is 2.90. The second-order valence-electron chi connectivity index (χ2n) is 8.80. The van der Waals surface area contributed by atoms with Crippen LogP contribution in [0.4, 0.5) is 16.2 Å². The van der Waals surface area contributed by atoms with E-state index in [9.17, 15) is 14.9 Å². The summed E-state index contributed by atoms with van der Waals surface area (Å²) in [6.07, 6.45) is 1.64. The van der Waals surface area contributed by atoms with E-state index in [1.165, 1.54) is 6.92 Å². The molecule has 0 aromatic heterocycles. The summed E-state index contributed by atoms with van der Waals surface area (Å²) in [5.74, 6) is -0.0564. The first-order chi connectivity index (χ1) is 17.5. The third-order valence-electron chi connectivity index (χ3n) is 6.38. The van der Waals surface area contributed by atoms with E-state index in [1.54, 1.807) is 24.3 Å². The molecule has 8 heteroatoms. The first kappa shape index (κ1) is 24.8. The van der Waals surface area contributed by atoms with Crippen LogP contribution in [0.5, 0.6) is 0 Å². The van der Waals surface area contributed by atoms with Crippen LogP contribution in [-0.2, 0) is 0 Å². The van der Waals surface area contributed by atoms with Crippen LogP contribution >= 0.6 is 0 Å². The molecule has 8 nitrogen and oxygen atoms in total. The van der Waals surface area contributed by atoms with E-state index >= 15 is 0 Å². The maximum atomic E-state index is 13.4. The number of para-hydroxylation sites is 1. The third-order valence-corrected chi connectivity index (χ3v) is 6.38. The van der Waals surface area contributed by atoms with Crippen LogP contribution in [0.25, 0.3) is 0 Å². The van der Waals surface area contributed by atoms with E-state index in [4.69, 9.17) is 0 Å². The highest BCUT2D eigenvalue weighted by atomic mass is 16.2. The Morgan fingerprint density at radius 3 is 2.47 bits per heavy atom. The lowest BCUT2D eigenvalue weighted by Crippen LogP contribution is -2.59. The van der Waals surface area contributed by atoms with Crippen LogP contribution < -0.4 is 16.0 Å². The molecule has 2 atom stereocenters. The van der Waals surface area contributed by atoms with Crippen LogP contribution in [0.15, 0.2) is 78.9 Å². The van der Waals surface area contributed by atoms with Gasteiger partial charge in [0.05, 0.1) is 6.04 Å². The smallest absolute Gasteiger partial charge is 0.322 e. The van der Waals surface area contributed by atoms with Crippen molar-refractivity contribution in [3.8, 4) is 6.19 Å². The first-order valence-corrected chi connectivity index (χ1v) is 11.9. The van der Waals surface area contributed by atoms with Gasteiger partial charge in [0.2, 0.25) is 0 Å². The Morgan fingerprint density at radius 1 is 1.00 bits per heavy atom. The van der Waals surface area contributed by atoms with Crippen molar-refractivity contribution in [1.29, 1.82) is 5.26 Å². The van der Waals surface area contributed by atoms with Crippen molar-refractivity contribution >= 4 is 23.2 Å². The van der Waals surface area contributed by atoms with E-state index in [0.29, 0.717) is 30.9 Å². The number of nitrogens with one attached hydrogen (secondary N) is 3. The normalized spacial score (nSPS) is 16.5. The number of anilines is 2. The zero-order valence-corrected chi connectivity index (χ0v) is 20.4. The number of Topliss-reactive ketones (excluding diaryl/α,β-unsaturated/α-hetero) is 1. The fourth-order valence-electron chi connectivity index (χ4n) is 4.42. The number of amides is 2. The van der Waals surface area contributed by atoms with E-state index in [2.05, 4.69) is 27.0 Å². The number of benzene rings is 3. The predicted octanol–water partition coefficient (Wildman–Crippen LogP) is 4.55. The molecular weight excluding hydrogens is 452 g/mol. The number of aryl methyl sites for hydroxylation is 1. The van der Waals surface area contributed by atoms with Gasteiger partial charge in [0.25, 0.3) is 0 Å². The van der Waals surface area contributed by atoms with Gasteiger partial charge in [-0.25, -0.2) is 4.79 Å². The summed E-state index contributed by atoms with van der Waals surface area (Å²) in [6.45, 7) is 5.05. The minimum absolute atomic E-state index is 0.0564. The summed E-state index contributed by atoms with van der Waals surface area (Å²) in [4.78, 5) is 29.1. The topological polar surface area (TPSA) is 100 Å². The van der Waals surface area contributed by atoms with Gasteiger partial charge in [-0.05, 0) is 43.2 Å². The zero-order chi connectivity index (χ0) is 25.5. The van der Waals surface area contributed by atoms with Crippen LogP contribution in [0.3, 0.4) is 0 Å². The molecule has 2 unspecified atom stereocenters. The van der Waals surface area contributed by atoms with Gasteiger partial charge in [0.15, 0.2) is 18.3 Å². The summed E-state index contributed by atoms with van der Waals surface area (Å²) in [6, 6.07) is 24.3. The number of ketones is 1. The van der Waals surface area contributed by atoms with Crippen molar-refractivity contribution in [2.24, 2.45) is 0 Å². The Labute approximate surface area is 211 Å². The fourth-order valence-corrected chi connectivity index (χ4v) is 4.42. The molecule has 3 aromatic rings. The number of urea groups is 1. The average molecular weight is 483 g/mol. The number of carbonyl (C=O) groups excluding carboxylic acids is 2. The Hall–Kier alpha value is -4.35. The Kier molecular flexibility index (Phi) is 7.83. The fraction of sp³-hybridized carbons (Fsp3) is 0.250. The predicted molar refractivity (Wildman–Crippen MR) is 140 cm³/mol. The highest BCUT2D eigenvalue weighted by Gasteiger charge is 2.34. The summed E-state index contributed by atoms with van der Waals surface area (Å²) in [7, 11) is 0. The lowest BCUT2D eigenvalue weighted by Gasteiger charge is -2.44. The standard InChI is InChI=1S/C28H30N6O2/c1-20-9-6-7-14-25(20)32-27(30-19-29)33-15-16-34(26(18-33)22-10-4-3-5-11-22)28(36)31-24-13-8-12-23(17-24)21(2)35/h3-14,17,26-27,30,32H,15-16,18H2,1-2H3,(H,31,36). The maximum Gasteiger partial charge on any atom is 0.322 e. The molecule has 184 valence electrons. The molecule has 0 spiro atoms. The summed E-state index contributed by atoms with van der Waals surface area (Å²) < 4.78 is 0.